The maximum atomic E-state index is 12.4. The molecule has 2 aromatic rings. The molecule has 2 aromatic carbocycles. The van der Waals surface area contributed by atoms with Gasteiger partial charge in [-0.15, -0.1) is 0 Å². The fraction of sp³-hybridized carbons (Fsp3) is 0.211. The molecule has 0 heterocycles. The Hall–Kier alpha value is -2.15. The minimum Gasteiger partial charge on any atom is -0.294 e. The first-order valence-corrected chi connectivity index (χ1v) is 7.12. The Kier molecular flexibility index (Phi) is 3.27. The molecule has 0 N–H and O–H groups in total. The van der Waals surface area contributed by atoms with Gasteiger partial charge in [0, 0.05) is 17.9 Å². The third-order valence-electron chi connectivity index (χ3n) is 3.93. The number of rotatable bonds is 3. The van der Waals surface area contributed by atoms with Gasteiger partial charge in [0.15, 0.2) is 5.78 Å². The fourth-order valence-electron chi connectivity index (χ4n) is 2.90. The Balaban J connectivity index is 2.26. The molecule has 3 rings (SSSR count). The molecule has 1 nitrogen and oxygen atoms in total. The number of hydrogen-bond acceptors (Lipinski definition) is 1. The van der Waals surface area contributed by atoms with E-state index < -0.39 is 0 Å². The second kappa shape index (κ2) is 5.09. The number of ketones is 1. The molecular formula is C19H18O. The van der Waals surface area contributed by atoms with Crippen molar-refractivity contribution in [1.82, 2.24) is 0 Å². The highest BCUT2D eigenvalue weighted by molar-refractivity contribution is 6.09. The van der Waals surface area contributed by atoms with Crippen LogP contribution in [0.4, 0.5) is 0 Å². The van der Waals surface area contributed by atoms with E-state index in [1.807, 2.05) is 19.1 Å². The third kappa shape index (κ3) is 2.09. The Bertz CT molecular complexity index is 735. The van der Waals surface area contributed by atoms with Gasteiger partial charge >= 0.3 is 0 Å². The number of fused-ring (bicyclic) bond motifs is 1. The van der Waals surface area contributed by atoms with Crippen LogP contribution in [0.3, 0.4) is 0 Å². The lowest BCUT2D eigenvalue weighted by Gasteiger charge is -2.15. The number of hydrogen-bond donors (Lipinski definition) is 0. The van der Waals surface area contributed by atoms with E-state index in [1.165, 1.54) is 5.57 Å². The molecule has 0 saturated heterocycles. The average Bonchev–Trinajstić information content (AvgIpc) is 2.91. The molecule has 0 aliphatic heterocycles. The number of Topliss-reactive ketones (excluding diaryl/α,β-unsaturated/α-hetero) is 1. The summed E-state index contributed by atoms with van der Waals surface area (Å²) in [6.07, 6.45) is 7.06. The van der Waals surface area contributed by atoms with Crippen LogP contribution in [-0.4, -0.2) is 5.78 Å². The molecule has 0 radical (unpaired) electrons. The van der Waals surface area contributed by atoms with Crippen LogP contribution in [0.1, 0.15) is 42.1 Å². The van der Waals surface area contributed by atoms with Crippen LogP contribution in [0, 0.1) is 0 Å². The molecule has 0 fully saturated rings. The Labute approximate surface area is 119 Å². The summed E-state index contributed by atoms with van der Waals surface area (Å²) in [4.78, 5) is 12.4. The van der Waals surface area contributed by atoms with Gasteiger partial charge in [-0.2, -0.15) is 0 Å². The van der Waals surface area contributed by atoms with E-state index in [9.17, 15) is 4.79 Å². The summed E-state index contributed by atoms with van der Waals surface area (Å²) >= 11 is 0. The summed E-state index contributed by atoms with van der Waals surface area (Å²) in [5.41, 5.74) is 3.29. The summed E-state index contributed by atoms with van der Waals surface area (Å²) in [6.45, 7) is 4.03. The first-order valence-electron chi connectivity index (χ1n) is 7.12. The molecule has 1 atom stereocenters. The molecular weight excluding hydrogens is 244 g/mol. The van der Waals surface area contributed by atoms with Gasteiger partial charge in [0.05, 0.1) is 0 Å². The Morgan fingerprint density at radius 2 is 1.95 bits per heavy atom. The van der Waals surface area contributed by atoms with Gasteiger partial charge < -0.3 is 0 Å². The predicted octanol–water partition coefficient (Wildman–Crippen LogP) is 5.03. The minimum atomic E-state index is 0.225. The summed E-state index contributed by atoms with van der Waals surface area (Å²) in [7, 11) is 0. The van der Waals surface area contributed by atoms with Crippen LogP contribution in [0.25, 0.3) is 10.8 Å². The lowest BCUT2D eigenvalue weighted by molar-refractivity contribution is 0.0989. The zero-order valence-corrected chi connectivity index (χ0v) is 11.9. The van der Waals surface area contributed by atoms with Crippen LogP contribution in [0.15, 0.2) is 60.2 Å². The number of carbonyl (C=O) groups is 1. The highest BCUT2D eigenvalue weighted by atomic mass is 16.1. The normalized spacial score (nSPS) is 17.5. The quantitative estimate of drug-likeness (QED) is 0.709. The van der Waals surface area contributed by atoms with Crippen LogP contribution in [0.2, 0.25) is 0 Å². The van der Waals surface area contributed by atoms with Crippen molar-refractivity contribution in [3.05, 3.63) is 71.3 Å². The molecule has 0 spiro atoms. The Morgan fingerprint density at radius 3 is 2.65 bits per heavy atom. The molecule has 0 saturated carbocycles. The monoisotopic (exact) mass is 262 g/mol. The zero-order valence-electron chi connectivity index (χ0n) is 11.9. The van der Waals surface area contributed by atoms with E-state index in [-0.39, 0.29) is 11.7 Å². The average molecular weight is 262 g/mol. The Morgan fingerprint density at radius 1 is 1.15 bits per heavy atom. The van der Waals surface area contributed by atoms with Crippen LogP contribution in [0.5, 0.6) is 0 Å². The zero-order chi connectivity index (χ0) is 14.1. The van der Waals surface area contributed by atoms with Crippen molar-refractivity contribution in [1.29, 1.82) is 0 Å². The van der Waals surface area contributed by atoms with Crippen molar-refractivity contribution in [2.24, 2.45) is 0 Å². The van der Waals surface area contributed by atoms with E-state index >= 15 is 0 Å². The molecule has 1 unspecified atom stereocenters. The van der Waals surface area contributed by atoms with Crippen LogP contribution >= 0.6 is 0 Å². The standard InChI is InChI=1S/C19H18O/c1-3-18(20)19-16-7-5-4-6-14(16)10-11-17(19)15-9-8-13(2)12-15/h4-12,15H,3H2,1-2H3. The van der Waals surface area contributed by atoms with Crippen molar-refractivity contribution in [3.63, 3.8) is 0 Å². The summed E-state index contributed by atoms with van der Waals surface area (Å²) in [5, 5.41) is 2.21. The van der Waals surface area contributed by atoms with Gasteiger partial charge in [0.2, 0.25) is 0 Å². The first kappa shape index (κ1) is 12.9. The van der Waals surface area contributed by atoms with Gasteiger partial charge in [-0.05, 0) is 23.3 Å². The highest BCUT2D eigenvalue weighted by Crippen LogP contribution is 2.33. The van der Waals surface area contributed by atoms with Gasteiger partial charge in [0.1, 0.15) is 0 Å². The van der Waals surface area contributed by atoms with Gasteiger partial charge in [-0.1, -0.05) is 67.1 Å². The van der Waals surface area contributed by atoms with E-state index in [0.29, 0.717) is 6.42 Å². The number of allylic oxidation sites excluding steroid dienone is 4. The van der Waals surface area contributed by atoms with E-state index in [1.54, 1.807) is 0 Å². The molecule has 0 aromatic heterocycles. The van der Waals surface area contributed by atoms with Crippen molar-refractivity contribution in [2.75, 3.05) is 0 Å². The van der Waals surface area contributed by atoms with Gasteiger partial charge in [-0.3, -0.25) is 4.79 Å². The molecule has 20 heavy (non-hydrogen) atoms. The largest absolute Gasteiger partial charge is 0.294 e. The molecule has 0 bridgehead atoms. The topological polar surface area (TPSA) is 17.1 Å². The fourth-order valence-corrected chi connectivity index (χ4v) is 2.90. The minimum absolute atomic E-state index is 0.225. The maximum Gasteiger partial charge on any atom is 0.163 e. The van der Waals surface area contributed by atoms with E-state index in [4.69, 9.17) is 0 Å². The smallest absolute Gasteiger partial charge is 0.163 e. The molecule has 0 amide bonds. The summed E-state index contributed by atoms with van der Waals surface area (Å²) < 4.78 is 0. The van der Waals surface area contributed by atoms with Crippen LogP contribution < -0.4 is 0 Å². The van der Waals surface area contributed by atoms with Gasteiger partial charge in [-0.25, -0.2) is 0 Å². The first-order chi connectivity index (χ1) is 9.70. The number of benzene rings is 2. The van der Waals surface area contributed by atoms with Crippen molar-refractivity contribution >= 4 is 16.6 Å². The number of carbonyl (C=O) groups excluding carboxylic acids is 1. The van der Waals surface area contributed by atoms with E-state index in [2.05, 4.69) is 49.4 Å². The van der Waals surface area contributed by atoms with Crippen molar-refractivity contribution in [2.45, 2.75) is 26.2 Å². The molecule has 1 aliphatic carbocycles. The predicted molar refractivity (Wildman–Crippen MR) is 84.2 cm³/mol. The van der Waals surface area contributed by atoms with Crippen molar-refractivity contribution < 1.29 is 4.79 Å². The van der Waals surface area contributed by atoms with Gasteiger partial charge in [0.25, 0.3) is 0 Å². The maximum absolute atomic E-state index is 12.4. The molecule has 1 aliphatic rings. The van der Waals surface area contributed by atoms with Crippen LogP contribution in [-0.2, 0) is 0 Å². The molecule has 1 heteroatoms. The molecule has 100 valence electrons. The van der Waals surface area contributed by atoms with Crippen molar-refractivity contribution in [3.8, 4) is 0 Å². The lowest BCUT2D eigenvalue weighted by Crippen LogP contribution is -2.05. The SMILES string of the molecule is CCC(=O)c1c(C2C=CC(C)=C2)ccc2ccccc12. The third-order valence-corrected chi connectivity index (χ3v) is 3.93. The summed E-state index contributed by atoms with van der Waals surface area (Å²) in [5.74, 6) is 0.452. The van der Waals surface area contributed by atoms with E-state index in [0.717, 1.165) is 21.9 Å². The lowest BCUT2D eigenvalue weighted by atomic mass is 9.88. The second-order valence-electron chi connectivity index (χ2n) is 5.32. The second-order valence-corrected chi connectivity index (χ2v) is 5.32. The summed E-state index contributed by atoms with van der Waals surface area (Å²) in [6, 6.07) is 12.4. The highest BCUT2D eigenvalue weighted by Gasteiger charge is 2.19.